The Morgan fingerprint density at radius 3 is 2.30 bits per heavy atom. The van der Waals surface area contributed by atoms with E-state index in [4.69, 9.17) is 14.2 Å². The summed E-state index contributed by atoms with van der Waals surface area (Å²) < 4.78 is 15.9. The van der Waals surface area contributed by atoms with Gasteiger partial charge in [-0.1, -0.05) is 19.8 Å². The van der Waals surface area contributed by atoms with E-state index in [0.717, 1.165) is 25.8 Å². The number of nitrogens with one attached hydrogen (secondary N) is 2. The van der Waals surface area contributed by atoms with Crippen LogP contribution < -0.4 is 24.8 Å². The van der Waals surface area contributed by atoms with Crippen LogP contribution in [0.25, 0.3) is 0 Å². The largest absolute Gasteiger partial charge is 0.493 e. The van der Waals surface area contributed by atoms with Crippen molar-refractivity contribution in [2.45, 2.75) is 26.2 Å². The molecular formula is C19H26N4O4. The summed E-state index contributed by atoms with van der Waals surface area (Å²) in [6.07, 6.45) is 4.71. The molecule has 0 saturated heterocycles. The summed E-state index contributed by atoms with van der Waals surface area (Å²) in [5, 5.41) is 5.99. The number of methoxy groups -OCH3 is 3. The van der Waals surface area contributed by atoms with Crippen LogP contribution in [0.15, 0.2) is 24.5 Å². The van der Waals surface area contributed by atoms with Crippen molar-refractivity contribution in [2.75, 3.05) is 38.5 Å². The summed E-state index contributed by atoms with van der Waals surface area (Å²) in [6, 6.07) is 4.94. The van der Waals surface area contributed by atoms with Crippen LogP contribution in [-0.2, 0) is 0 Å². The zero-order valence-corrected chi connectivity index (χ0v) is 16.2. The number of benzene rings is 1. The number of anilines is 2. The smallest absolute Gasteiger partial charge is 0.274 e. The first kappa shape index (κ1) is 20.3. The molecular weight excluding hydrogens is 348 g/mol. The van der Waals surface area contributed by atoms with E-state index in [-0.39, 0.29) is 11.6 Å². The number of hydrogen-bond acceptors (Lipinski definition) is 7. The number of carbonyl (C=O) groups excluding carboxylic acids is 1. The zero-order valence-electron chi connectivity index (χ0n) is 16.2. The second kappa shape index (κ2) is 10.2. The summed E-state index contributed by atoms with van der Waals surface area (Å²) in [7, 11) is 4.56. The van der Waals surface area contributed by atoms with Crippen LogP contribution in [0.1, 0.15) is 36.7 Å². The second-order valence-electron chi connectivity index (χ2n) is 5.79. The Morgan fingerprint density at radius 1 is 1.00 bits per heavy atom. The third kappa shape index (κ3) is 5.47. The number of carbonyl (C=O) groups is 1. The monoisotopic (exact) mass is 374 g/mol. The molecule has 0 aliphatic rings. The van der Waals surface area contributed by atoms with E-state index in [0.29, 0.717) is 28.8 Å². The van der Waals surface area contributed by atoms with Crippen molar-refractivity contribution >= 4 is 17.4 Å². The SMILES string of the molecule is CCCCCNc1cc(C(=O)Nc2cc(OC)c(OC)c(OC)c2)ncn1. The molecule has 0 spiro atoms. The first-order chi connectivity index (χ1) is 13.1. The Labute approximate surface area is 159 Å². The third-order valence-electron chi connectivity index (χ3n) is 3.91. The molecule has 1 heterocycles. The number of amides is 1. The molecule has 0 atom stereocenters. The van der Waals surface area contributed by atoms with Crippen LogP contribution in [0.3, 0.4) is 0 Å². The average Bonchev–Trinajstić information content (AvgIpc) is 2.70. The van der Waals surface area contributed by atoms with Crippen molar-refractivity contribution in [3.8, 4) is 17.2 Å². The van der Waals surface area contributed by atoms with Crippen LogP contribution >= 0.6 is 0 Å². The zero-order chi connectivity index (χ0) is 19.6. The number of nitrogens with zero attached hydrogens (tertiary/aromatic N) is 2. The molecule has 0 fully saturated rings. The first-order valence-corrected chi connectivity index (χ1v) is 8.80. The fourth-order valence-corrected chi connectivity index (χ4v) is 2.52. The molecule has 0 radical (unpaired) electrons. The van der Waals surface area contributed by atoms with Crippen LogP contribution in [0.2, 0.25) is 0 Å². The fourth-order valence-electron chi connectivity index (χ4n) is 2.52. The summed E-state index contributed by atoms with van der Waals surface area (Å²) >= 11 is 0. The van der Waals surface area contributed by atoms with Gasteiger partial charge >= 0.3 is 0 Å². The molecule has 0 aliphatic carbocycles. The minimum atomic E-state index is -0.358. The Kier molecular flexibility index (Phi) is 7.66. The number of aromatic nitrogens is 2. The number of unbranched alkanes of at least 4 members (excludes halogenated alkanes) is 2. The molecule has 0 aliphatic heterocycles. The van der Waals surface area contributed by atoms with Gasteiger partial charge in [0.25, 0.3) is 5.91 Å². The van der Waals surface area contributed by atoms with Crippen molar-refractivity contribution in [1.82, 2.24) is 9.97 Å². The molecule has 2 aromatic rings. The van der Waals surface area contributed by atoms with Gasteiger partial charge in [0.2, 0.25) is 5.75 Å². The lowest BCUT2D eigenvalue weighted by Gasteiger charge is -2.14. The van der Waals surface area contributed by atoms with Gasteiger partial charge in [0.15, 0.2) is 11.5 Å². The maximum atomic E-state index is 12.6. The number of rotatable bonds is 10. The van der Waals surface area contributed by atoms with Crippen molar-refractivity contribution < 1.29 is 19.0 Å². The lowest BCUT2D eigenvalue weighted by atomic mass is 10.2. The molecule has 27 heavy (non-hydrogen) atoms. The van der Waals surface area contributed by atoms with Gasteiger partial charge in [-0.05, 0) is 6.42 Å². The maximum absolute atomic E-state index is 12.6. The van der Waals surface area contributed by atoms with E-state index in [2.05, 4.69) is 27.5 Å². The first-order valence-electron chi connectivity index (χ1n) is 8.80. The molecule has 8 heteroatoms. The third-order valence-corrected chi connectivity index (χ3v) is 3.91. The topological polar surface area (TPSA) is 94.6 Å². The van der Waals surface area contributed by atoms with E-state index in [1.165, 1.54) is 27.7 Å². The van der Waals surface area contributed by atoms with Crippen molar-refractivity contribution in [3.63, 3.8) is 0 Å². The summed E-state index contributed by atoms with van der Waals surface area (Å²) in [5.41, 5.74) is 0.766. The summed E-state index contributed by atoms with van der Waals surface area (Å²) in [6.45, 7) is 2.95. The number of hydrogen-bond donors (Lipinski definition) is 2. The van der Waals surface area contributed by atoms with Crippen LogP contribution in [-0.4, -0.2) is 43.7 Å². The molecule has 1 aromatic carbocycles. The predicted octanol–water partition coefficient (Wildman–Crippen LogP) is 3.36. The van der Waals surface area contributed by atoms with E-state index in [1.54, 1.807) is 18.2 Å². The van der Waals surface area contributed by atoms with Gasteiger partial charge in [-0.15, -0.1) is 0 Å². The number of ether oxygens (including phenoxy) is 3. The molecule has 0 unspecified atom stereocenters. The Balaban J connectivity index is 2.13. The highest BCUT2D eigenvalue weighted by Gasteiger charge is 2.16. The molecule has 8 nitrogen and oxygen atoms in total. The van der Waals surface area contributed by atoms with Gasteiger partial charge in [-0.25, -0.2) is 9.97 Å². The molecule has 2 N–H and O–H groups in total. The quantitative estimate of drug-likeness (QED) is 0.616. The molecule has 1 amide bonds. The highest BCUT2D eigenvalue weighted by molar-refractivity contribution is 6.03. The maximum Gasteiger partial charge on any atom is 0.274 e. The summed E-state index contributed by atoms with van der Waals surface area (Å²) in [4.78, 5) is 20.7. The molecule has 0 bridgehead atoms. The summed E-state index contributed by atoms with van der Waals surface area (Å²) in [5.74, 6) is 1.62. The molecule has 2 rings (SSSR count). The lowest BCUT2D eigenvalue weighted by molar-refractivity contribution is 0.102. The van der Waals surface area contributed by atoms with Gasteiger partial charge in [-0.3, -0.25) is 4.79 Å². The Morgan fingerprint density at radius 2 is 1.70 bits per heavy atom. The molecule has 0 saturated carbocycles. The van der Waals surface area contributed by atoms with Gasteiger partial charge in [0, 0.05) is 30.4 Å². The van der Waals surface area contributed by atoms with Crippen LogP contribution in [0.4, 0.5) is 11.5 Å². The minimum Gasteiger partial charge on any atom is -0.493 e. The second-order valence-corrected chi connectivity index (χ2v) is 5.79. The van der Waals surface area contributed by atoms with E-state index in [1.807, 2.05) is 0 Å². The van der Waals surface area contributed by atoms with Crippen LogP contribution in [0.5, 0.6) is 17.2 Å². The average molecular weight is 374 g/mol. The standard InChI is InChI=1S/C19H26N4O4/c1-5-6-7-8-20-17-11-14(21-12-22-17)19(24)23-13-9-15(25-2)18(27-4)16(10-13)26-3/h9-12H,5-8H2,1-4H3,(H,23,24)(H,20,21,22). The van der Waals surface area contributed by atoms with Gasteiger partial charge in [-0.2, -0.15) is 0 Å². The normalized spacial score (nSPS) is 10.2. The Bertz CT molecular complexity index is 742. The van der Waals surface area contributed by atoms with Crippen LogP contribution in [0, 0.1) is 0 Å². The minimum absolute atomic E-state index is 0.261. The Hall–Kier alpha value is -3.03. The highest BCUT2D eigenvalue weighted by Crippen LogP contribution is 2.39. The van der Waals surface area contributed by atoms with E-state index in [9.17, 15) is 4.79 Å². The van der Waals surface area contributed by atoms with Crippen molar-refractivity contribution in [1.29, 1.82) is 0 Å². The highest BCUT2D eigenvalue weighted by atomic mass is 16.5. The van der Waals surface area contributed by atoms with Gasteiger partial charge in [0.1, 0.15) is 17.8 Å². The van der Waals surface area contributed by atoms with Crippen molar-refractivity contribution in [3.05, 3.63) is 30.2 Å². The van der Waals surface area contributed by atoms with E-state index >= 15 is 0 Å². The molecule has 146 valence electrons. The fraction of sp³-hybridized carbons (Fsp3) is 0.421. The van der Waals surface area contributed by atoms with E-state index < -0.39 is 0 Å². The van der Waals surface area contributed by atoms with Gasteiger partial charge in [0.05, 0.1) is 21.3 Å². The molecule has 1 aromatic heterocycles. The predicted molar refractivity (Wildman–Crippen MR) is 104 cm³/mol. The van der Waals surface area contributed by atoms with Gasteiger partial charge < -0.3 is 24.8 Å². The van der Waals surface area contributed by atoms with Crippen molar-refractivity contribution in [2.24, 2.45) is 0 Å². The lowest BCUT2D eigenvalue weighted by Crippen LogP contribution is -2.15.